The third-order valence-corrected chi connectivity index (χ3v) is 6.08. The van der Waals surface area contributed by atoms with E-state index in [1.807, 2.05) is 30.3 Å². The zero-order valence-corrected chi connectivity index (χ0v) is 11.5. The molecule has 0 radical (unpaired) electrons. The van der Waals surface area contributed by atoms with Crippen LogP contribution in [0.2, 0.25) is 0 Å². The molecule has 0 aliphatic rings. The highest BCUT2D eigenvalue weighted by Gasteiger charge is 2.18. The van der Waals surface area contributed by atoms with Gasteiger partial charge in [0.15, 0.2) is 4.74 Å². The van der Waals surface area contributed by atoms with E-state index in [1.54, 1.807) is 0 Å². The summed E-state index contributed by atoms with van der Waals surface area (Å²) in [6, 6.07) is 9.17. The number of hydrogen-bond donors (Lipinski definition) is 0. The van der Waals surface area contributed by atoms with Crippen LogP contribution in [0.1, 0.15) is 5.56 Å². The van der Waals surface area contributed by atoms with Crippen molar-refractivity contribution in [3.63, 3.8) is 0 Å². The predicted octanol–water partition coefficient (Wildman–Crippen LogP) is 5.58. The van der Waals surface area contributed by atoms with Gasteiger partial charge in [0.25, 0.3) is 0 Å². The maximum Gasteiger partial charge on any atom is 0.159 e. The van der Waals surface area contributed by atoms with Crippen molar-refractivity contribution in [1.29, 1.82) is 0 Å². The fourth-order valence-electron chi connectivity index (χ4n) is 0.818. The Bertz CT molecular complexity index is 395. The van der Waals surface area contributed by atoms with E-state index in [2.05, 4.69) is 0 Å². The first-order valence-corrected chi connectivity index (χ1v) is 8.90. The Kier molecular flexibility index (Phi) is 4.77. The molecule has 14 heavy (non-hydrogen) atoms. The van der Waals surface area contributed by atoms with E-state index >= 15 is 0 Å². The van der Waals surface area contributed by atoms with E-state index in [0.717, 1.165) is 5.56 Å². The largest absolute Gasteiger partial charge is 0.159 e. The lowest BCUT2D eigenvalue weighted by molar-refractivity contribution is 1.65. The minimum absolute atomic E-state index is 0.156. The maximum absolute atomic E-state index is 5.98. The summed E-state index contributed by atoms with van der Waals surface area (Å²) >= 11 is 28.2. The predicted molar refractivity (Wildman–Crippen MR) is 71.1 cm³/mol. The van der Waals surface area contributed by atoms with Gasteiger partial charge in [-0.2, -0.15) is 0 Å². The number of hydrogen-bond acceptors (Lipinski definition) is 1. The normalized spacial score (nSPS) is 13.7. The van der Waals surface area contributed by atoms with Gasteiger partial charge in [-0.1, -0.05) is 87.8 Å². The maximum atomic E-state index is 5.98. The average Bonchev–Trinajstić information content (AvgIpc) is 2.15. The van der Waals surface area contributed by atoms with Gasteiger partial charge in [-0.15, -0.1) is 0 Å². The lowest BCUT2D eigenvalue weighted by Gasteiger charge is -2.06. The Balaban J connectivity index is 3.19. The topological polar surface area (TPSA) is 0 Å². The molecule has 0 spiro atoms. The van der Waals surface area contributed by atoms with Crippen molar-refractivity contribution in [2.24, 2.45) is 0 Å². The van der Waals surface area contributed by atoms with Crippen LogP contribution in [-0.2, 0) is 11.8 Å². The van der Waals surface area contributed by atoms with Crippen molar-refractivity contribution in [2.45, 2.75) is 0 Å². The first kappa shape index (κ1) is 12.8. The van der Waals surface area contributed by atoms with Gasteiger partial charge in [-0.3, -0.25) is 0 Å². The standard InChI is InChI=1S/C8H5Cl4PS/c9-7(8(10)13(11,12)14)6-4-2-1-3-5-6/h1-5H/b8-7+. The molecule has 0 atom stereocenters. The molecule has 0 unspecified atom stereocenters. The SMILES string of the molecule is S=P(Cl)(Cl)/C(Cl)=C(/Cl)c1ccccc1. The van der Waals surface area contributed by atoms with Gasteiger partial charge in [0.05, 0.1) is 9.81 Å². The highest BCUT2D eigenvalue weighted by Crippen LogP contribution is 2.67. The van der Waals surface area contributed by atoms with Crippen LogP contribution in [-0.4, -0.2) is 0 Å². The first-order chi connectivity index (χ1) is 6.43. The van der Waals surface area contributed by atoms with Gasteiger partial charge in [0.2, 0.25) is 0 Å². The lowest BCUT2D eigenvalue weighted by Crippen LogP contribution is -1.77. The van der Waals surface area contributed by atoms with Crippen molar-refractivity contribution < 1.29 is 0 Å². The molecule has 0 N–H and O–H groups in total. The quantitative estimate of drug-likeness (QED) is 0.643. The molecule has 1 rings (SSSR count). The second-order valence-electron chi connectivity index (χ2n) is 2.43. The van der Waals surface area contributed by atoms with Crippen molar-refractivity contribution in [3.8, 4) is 0 Å². The summed E-state index contributed by atoms with van der Waals surface area (Å²) < 4.78 is -2.53. The van der Waals surface area contributed by atoms with Crippen LogP contribution in [0, 0.1) is 0 Å². The number of benzene rings is 1. The monoisotopic (exact) mass is 304 g/mol. The molecule has 0 aliphatic heterocycles. The third kappa shape index (κ3) is 3.41. The van der Waals surface area contributed by atoms with Crippen LogP contribution in [0.3, 0.4) is 0 Å². The molecule has 0 saturated carbocycles. The fraction of sp³-hybridized carbons (Fsp3) is 0. The van der Waals surface area contributed by atoms with Gasteiger partial charge in [-0.25, -0.2) is 0 Å². The summed E-state index contributed by atoms with van der Waals surface area (Å²) in [5.41, 5.74) is 0.759. The molecule has 0 aromatic heterocycles. The van der Waals surface area contributed by atoms with E-state index in [-0.39, 0.29) is 4.77 Å². The van der Waals surface area contributed by atoms with Crippen LogP contribution in [0.15, 0.2) is 35.1 Å². The van der Waals surface area contributed by atoms with Crippen molar-refractivity contribution in [3.05, 3.63) is 40.7 Å². The Morgan fingerprint density at radius 2 is 1.57 bits per heavy atom. The van der Waals surface area contributed by atoms with Gasteiger partial charge in [0.1, 0.15) is 0 Å². The molecule has 0 amide bonds. The van der Waals surface area contributed by atoms with Gasteiger partial charge < -0.3 is 0 Å². The molecule has 1 aromatic carbocycles. The molecule has 0 nitrogen and oxygen atoms in total. The molecule has 76 valence electrons. The second-order valence-corrected chi connectivity index (χ2v) is 11.2. The molecule has 6 heteroatoms. The van der Waals surface area contributed by atoms with Crippen LogP contribution in [0.4, 0.5) is 0 Å². The molecule has 0 fully saturated rings. The van der Waals surface area contributed by atoms with Gasteiger partial charge in [-0.05, 0) is 5.56 Å². The highest BCUT2D eigenvalue weighted by molar-refractivity contribution is 8.41. The molecular weight excluding hydrogens is 301 g/mol. The Morgan fingerprint density at radius 1 is 1.07 bits per heavy atom. The summed E-state index contributed by atoms with van der Waals surface area (Å²) in [5.74, 6) is 0. The van der Waals surface area contributed by atoms with Crippen LogP contribution in [0.25, 0.3) is 5.03 Å². The van der Waals surface area contributed by atoms with Crippen LogP contribution in [0.5, 0.6) is 0 Å². The Hall–Kier alpha value is 0.770. The summed E-state index contributed by atoms with van der Waals surface area (Å²) in [6.45, 7) is 0. The summed E-state index contributed by atoms with van der Waals surface area (Å²) in [6.07, 6.45) is 0. The van der Waals surface area contributed by atoms with Gasteiger partial charge in [0, 0.05) is 0 Å². The zero-order chi connectivity index (χ0) is 10.8. The summed E-state index contributed by atoms with van der Waals surface area (Å²) in [4.78, 5) is 0. The lowest BCUT2D eigenvalue weighted by atomic mass is 10.2. The molecule has 1 aromatic rings. The Morgan fingerprint density at radius 3 is 2.00 bits per heavy atom. The van der Waals surface area contributed by atoms with E-state index in [9.17, 15) is 0 Å². The molecule has 0 heterocycles. The highest BCUT2D eigenvalue weighted by atomic mass is 35.9. The number of halogens is 4. The second kappa shape index (κ2) is 5.21. The smallest absolute Gasteiger partial charge is 0.0819 e. The molecule has 0 saturated heterocycles. The van der Waals surface area contributed by atoms with E-state index in [4.69, 9.17) is 57.5 Å². The summed E-state index contributed by atoms with van der Waals surface area (Å²) in [7, 11) is 0. The molecule has 0 aliphatic carbocycles. The minimum Gasteiger partial charge on any atom is -0.0819 e. The van der Waals surface area contributed by atoms with Crippen molar-refractivity contribution in [1.82, 2.24) is 0 Å². The minimum atomic E-state index is -2.69. The van der Waals surface area contributed by atoms with Crippen LogP contribution >= 0.6 is 50.4 Å². The third-order valence-electron chi connectivity index (χ3n) is 1.44. The van der Waals surface area contributed by atoms with E-state index in [0.29, 0.717) is 5.03 Å². The Labute approximate surface area is 107 Å². The van der Waals surface area contributed by atoms with E-state index < -0.39 is 4.74 Å². The van der Waals surface area contributed by atoms with E-state index in [1.165, 1.54) is 0 Å². The zero-order valence-electron chi connectivity index (χ0n) is 6.75. The first-order valence-electron chi connectivity index (χ1n) is 3.53. The average molecular weight is 306 g/mol. The molecule has 0 bridgehead atoms. The van der Waals surface area contributed by atoms with Gasteiger partial charge >= 0.3 is 0 Å². The molecular formula is C8H5Cl4PS. The van der Waals surface area contributed by atoms with Crippen LogP contribution < -0.4 is 0 Å². The van der Waals surface area contributed by atoms with Crippen molar-refractivity contribution in [2.75, 3.05) is 0 Å². The van der Waals surface area contributed by atoms with Crippen molar-refractivity contribution >= 4 is 67.3 Å². The summed E-state index contributed by atoms with van der Waals surface area (Å²) in [5, 5.41) is 0.320. The number of rotatable bonds is 2. The fourth-order valence-corrected chi connectivity index (χ4v) is 2.98.